The summed E-state index contributed by atoms with van der Waals surface area (Å²) in [5, 5.41) is 8.76. The molecule has 1 heterocycles. The highest BCUT2D eigenvalue weighted by Crippen LogP contribution is 2.25. The summed E-state index contributed by atoms with van der Waals surface area (Å²) in [5.41, 5.74) is 2.60. The summed E-state index contributed by atoms with van der Waals surface area (Å²) < 4.78 is 5.67. The fraction of sp³-hybridized carbons (Fsp3) is 0.143. The molecule has 0 saturated carbocycles. The largest absolute Gasteiger partial charge is 0.439 e. The van der Waals surface area contributed by atoms with Gasteiger partial charge in [-0.15, -0.1) is 0 Å². The van der Waals surface area contributed by atoms with Gasteiger partial charge in [0.25, 0.3) is 0 Å². The smallest absolute Gasteiger partial charge is 0.220 e. The van der Waals surface area contributed by atoms with Crippen molar-refractivity contribution in [3.63, 3.8) is 0 Å². The first-order chi connectivity index (χ1) is 8.20. The lowest BCUT2D eigenvalue weighted by Crippen LogP contribution is -1.93. The van der Waals surface area contributed by atoms with Crippen LogP contribution in [0.2, 0.25) is 0 Å². The minimum absolute atomic E-state index is 0.354. The minimum Gasteiger partial charge on any atom is -0.439 e. The van der Waals surface area contributed by atoms with Crippen molar-refractivity contribution >= 4 is 0 Å². The molecule has 1 aromatic carbocycles. The zero-order chi connectivity index (χ0) is 12.3. The molecule has 0 aliphatic carbocycles. The molecular weight excluding hydrogens is 212 g/mol. The number of hydrogen-bond acceptors (Lipinski definition) is 3. The SMILES string of the molecule is Cc1cccc(Oc2cccc(C#N)n2)c1C. The monoisotopic (exact) mass is 224 g/mol. The molecule has 84 valence electrons. The van der Waals surface area contributed by atoms with Crippen LogP contribution in [0.5, 0.6) is 11.6 Å². The van der Waals surface area contributed by atoms with Gasteiger partial charge in [-0.25, -0.2) is 4.98 Å². The summed E-state index contributed by atoms with van der Waals surface area (Å²) in [4.78, 5) is 4.07. The molecule has 2 rings (SSSR count). The van der Waals surface area contributed by atoms with Gasteiger partial charge >= 0.3 is 0 Å². The number of aromatic nitrogens is 1. The van der Waals surface area contributed by atoms with Crippen molar-refractivity contribution in [3.05, 3.63) is 53.2 Å². The average Bonchev–Trinajstić information content (AvgIpc) is 2.35. The standard InChI is InChI=1S/C14H12N2O/c1-10-5-3-7-13(11(10)2)17-14-8-4-6-12(9-15)16-14/h3-8H,1-2H3. The second-order valence-electron chi connectivity index (χ2n) is 3.77. The number of pyridine rings is 1. The summed E-state index contributed by atoms with van der Waals surface area (Å²) >= 11 is 0. The van der Waals surface area contributed by atoms with E-state index in [-0.39, 0.29) is 0 Å². The molecule has 0 unspecified atom stereocenters. The Kier molecular flexibility index (Phi) is 3.06. The summed E-state index contributed by atoms with van der Waals surface area (Å²) in [7, 11) is 0. The maximum Gasteiger partial charge on any atom is 0.220 e. The lowest BCUT2D eigenvalue weighted by atomic mass is 10.1. The zero-order valence-electron chi connectivity index (χ0n) is 9.77. The van der Waals surface area contributed by atoms with Crippen LogP contribution < -0.4 is 4.74 Å². The van der Waals surface area contributed by atoms with Crippen molar-refractivity contribution in [3.8, 4) is 17.7 Å². The van der Waals surface area contributed by atoms with E-state index in [1.807, 2.05) is 38.1 Å². The van der Waals surface area contributed by atoms with Crippen LogP contribution in [-0.2, 0) is 0 Å². The van der Waals surface area contributed by atoms with Gasteiger partial charge < -0.3 is 4.74 Å². The van der Waals surface area contributed by atoms with E-state index in [4.69, 9.17) is 10.00 Å². The van der Waals surface area contributed by atoms with Gasteiger partial charge in [-0.2, -0.15) is 5.26 Å². The molecule has 0 N–H and O–H groups in total. The number of benzene rings is 1. The lowest BCUT2D eigenvalue weighted by molar-refractivity contribution is 0.458. The number of aryl methyl sites for hydroxylation is 1. The minimum atomic E-state index is 0.354. The molecule has 17 heavy (non-hydrogen) atoms. The van der Waals surface area contributed by atoms with Gasteiger partial charge in [0.05, 0.1) is 0 Å². The van der Waals surface area contributed by atoms with Crippen LogP contribution in [0.3, 0.4) is 0 Å². The number of hydrogen-bond donors (Lipinski definition) is 0. The number of ether oxygens (including phenoxy) is 1. The fourth-order valence-corrected chi connectivity index (χ4v) is 1.48. The quantitative estimate of drug-likeness (QED) is 0.785. The van der Waals surface area contributed by atoms with Crippen molar-refractivity contribution in [2.24, 2.45) is 0 Å². The Balaban J connectivity index is 2.32. The third kappa shape index (κ3) is 2.43. The predicted molar refractivity (Wildman–Crippen MR) is 64.9 cm³/mol. The zero-order valence-corrected chi connectivity index (χ0v) is 9.77. The molecule has 0 aliphatic rings. The van der Waals surface area contributed by atoms with Crippen LogP contribution in [0.15, 0.2) is 36.4 Å². The Morgan fingerprint density at radius 1 is 1.12 bits per heavy atom. The van der Waals surface area contributed by atoms with Gasteiger partial charge in [0.1, 0.15) is 17.5 Å². The summed E-state index contributed by atoms with van der Waals surface area (Å²) in [6.45, 7) is 4.03. The normalized spacial score (nSPS) is 9.71. The Morgan fingerprint density at radius 3 is 2.65 bits per heavy atom. The van der Waals surface area contributed by atoms with Gasteiger partial charge in [-0.05, 0) is 37.1 Å². The van der Waals surface area contributed by atoms with E-state index in [0.29, 0.717) is 11.6 Å². The van der Waals surface area contributed by atoms with E-state index in [1.54, 1.807) is 18.2 Å². The van der Waals surface area contributed by atoms with Gasteiger partial charge in [0, 0.05) is 6.07 Å². The summed E-state index contributed by atoms with van der Waals surface area (Å²) in [6, 6.07) is 13.0. The van der Waals surface area contributed by atoms with Gasteiger partial charge in [-0.3, -0.25) is 0 Å². The van der Waals surface area contributed by atoms with Crippen molar-refractivity contribution in [2.75, 3.05) is 0 Å². The van der Waals surface area contributed by atoms with Crippen LogP contribution in [0, 0.1) is 25.2 Å². The molecule has 0 amide bonds. The Hall–Kier alpha value is -2.34. The molecule has 0 bridgehead atoms. The molecule has 3 nitrogen and oxygen atoms in total. The second kappa shape index (κ2) is 4.67. The molecule has 2 aromatic rings. The molecular formula is C14H12N2O. The van der Waals surface area contributed by atoms with E-state index in [2.05, 4.69) is 4.98 Å². The third-order valence-corrected chi connectivity index (χ3v) is 2.61. The highest BCUT2D eigenvalue weighted by Gasteiger charge is 2.04. The van der Waals surface area contributed by atoms with Crippen LogP contribution >= 0.6 is 0 Å². The van der Waals surface area contributed by atoms with Crippen molar-refractivity contribution in [1.82, 2.24) is 4.98 Å². The van der Waals surface area contributed by atoms with Gasteiger partial charge in [-0.1, -0.05) is 18.2 Å². The van der Waals surface area contributed by atoms with E-state index in [0.717, 1.165) is 11.3 Å². The van der Waals surface area contributed by atoms with Gasteiger partial charge in [0.2, 0.25) is 5.88 Å². The number of nitrogens with zero attached hydrogens (tertiary/aromatic N) is 2. The topological polar surface area (TPSA) is 45.9 Å². The number of rotatable bonds is 2. The maximum absolute atomic E-state index is 8.76. The van der Waals surface area contributed by atoms with Crippen LogP contribution in [0.1, 0.15) is 16.8 Å². The molecule has 0 aliphatic heterocycles. The molecule has 0 saturated heterocycles. The van der Waals surface area contributed by atoms with E-state index in [9.17, 15) is 0 Å². The highest BCUT2D eigenvalue weighted by molar-refractivity contribution is 5.40. The Morgan fingerprint density at radius 2 is 1.88 bits per heavy atom. The first kappa shape index (κ1) is 11.2. The highest BCUT2D eigenvalue weighted by atomic mass is 16.5. The molecule has 0 fully saturated rings. The van der Waals surface area contributed by atoms with Crippen molar-refractivity contribution in [1.29, 1.82) is 5.26 Å². The average molecular weight is 224 g/mol. The molecule has 3 heteroatoms. The number of nitriles is 1. The van der Waals surface area contributed by atoms with Crippen LogP contribution in [0.4, 0.5) is 0 Å². The third-order valence-electron chi connectivity index (χ3n) is 2.61. The molecule has 1 aromatic heterocycles. The van der Waals surface area contributed by atoms with Crippen LogP contribution in [-0.4, -0.2) is 4.98 Å². The summed E-state index contributed by atoms with van der Waals surface area (Å²) in [5.74, 6) is 1.21. The molecule has 0 spiro atoms. The van der Waals surface area contributed by atoms with Crippen LogP contribution in [0.25, 0.3) is 0 Å². The van der Waals surface area contributed by atoms with Crippen molar-refractivity contribution in [2.45, 2.75) is 13.8 Å². The first-order valence-corrected chi connectivity index (χ1v) is 5.32. The second-order valence-corrected chi connectivity index (χ2v) is 3.77. The first-order valence-electron chi connectivity index (χ1n) is 5.32. The molecule has 0 atom stereocenters. The van der Waals surface area contributed by atoms with E-state index >= 15 is 0 Å². The Bertz CT molecular complexity index is 585. The van der Waals surface area contributed by atoms with E-state index in [1.165, 1.54) is 5.56 Å². The maximum atomic E-state index is 8.76. The predicted octanol–water partition coefficient (Wildman–Crippen LogP) is 3.36. The van der Waals surface area contributed by atoms with E-state index < -0.39 is 0 Å². The molecule has 0 radical (unpaired) electrons. The lowest BCUT2D eigenvalue weighted by Gasteiger charge is -2.09. The van der Waals surface area contributed by atoms with Gasteiger partial charge in [0.15, 0.2) is 0 Å². The summed E-state index contributed by atoms with van der Waals surface area (Å²) in [6.07, 6.45) is 0. The Labute approximate surface area is 100 Å². The fourth-order valence-electron chi connectivity index (χ4n) is 1.48. The van der Waals surface area contributed by atoms with Crippen molar-refractivity contribution < 1.29 is 4.74 Å².